The molecule has 120 valence electrons. The van der Waals surface area contributed by atoms with E-state index in [0.29, 0.717) is 11.1 Å². The minimum absolute atomic E-state index is 0.0332. The van der Waals surface area contributed by atoms with Crippen LogP contribution >= 0.6 is 11.8 Å². The predicted octanol–water partition coefficient (Wildman–Crippen LogP) is 2.33. The Morgan fingerprint density at radius 2 is 1.86 bits per heavy atom. The van der Waals surface area contributed by atoms with Gasteiger partial charge in [-0.3, -0.25) is 0 Å². The van der Waals surface area contributed by atoms with E-state index in [1.807, 2.05) is 0 Å². The molecular weight excluding hydrogens is 327 g/mol. The molecule has 0 atom stereocenters. The number of sulfonamides is 1. The number of aryl methyl sites for hydroxylation is 2. The second kappa shape index (κ2) is 6.99. The van der Waals surface area contributed by atoms with E-state index in [0.717, 1.165) is 5.56 Å². The Kier molecular flexibility index (Phi) is 6.09. The Labute approximate surface area is 125 Å². The molecule has 0 aliphatic heterocycles. The molecule has 4 nitrogen and oxygen atoms in total. The van der Waals surface area contributed by atoms with Gasteiger partial charge < -0.3 is 5.11 Å². The fourth-order valence-corrected chi connectivity index (χ4v) is 3.63. The summed E-state index contributed by atoms with van der Waals surface area (Å²) in [5, 5.41) is 9.16. The topological polar surface area (TPSA) is 66.4 Å². The lowest BCUT2D eigenvalue weighted by molar-refractivity contribution is -0.0327. The molecule has 0 aliphatic carbocycles. The van der Waals surface area contributed by atoms with Gasteiger partial charge in [0.2, 0.25) is 10.0 Å². The summed E-state index contributed by atoms with van der Waals surface area (Å²) in [6.45, 7) is 2.70. The van der Waals surface area contributed by atoms with Gasteiger partial charge >= 0.3 is 5.51 Å². The average molecular weight is 343 g/mol. The molecule has 0 amide bonds. The number of alkyl halides is 3. The van der Waals surface area contributed by atoms with Crippen LogP contribution in [0, 0.1) is 13.8 Å². The Balaban J connectivity index is 2.84. The Morgan fingerprint density at radius 1 is 1.24 bits per heavy atom. The minimum Gasteiger partial charge on any atom is -0.392 e. The molecule has 1 aromatic rings. The zero-order valence-electron chi connectivity index (χ0n) is 11.5. The van der Waals surface area contributed by atoms with Gasteiger partial charge in [-0.25, -0.2) is 13.1 Å². The first-order chi connectivity index (χ1) is 9.57. The summed E-state index contributed by atoms with van der Waals surface area (Å²) in [7, 11) is -3.90. The van der Waals surface area contributed by atoms with E-state index in [1.165, 1.54) is 6.07 Å². The van der Waals surface area contributed by atoms with Crippen molar-refractivity contribution in [1.29, 1.82) is 0 Å². The second-order valence-electron chi connectivity index (χ2n) is 4.39. The van der Waals surface area contributed by atoms with Gasteiger partial charge in [-0.15, -0.1) is 0 Å². The quantitative estimate of drug-likeness (QED) is 0.778. The first-order valence-corrected chi connectivity index (χ1v) is 8.45. The van der Waals surface area contributed by atoms with E-state index < -0.39 is 21.3 Å². The zero-order chi connectivity index (χ0) is 16.3. The summed E-state index contributed by atoms with van der Waals surface area (Å²) in [6.07, 6.45) is 0. The van der Waals surface area contributed by atoms with Crippen LogP contribution in [-0.4, -0.2) is 31.3 Å². The number of aliphatic hydroxyl groups is 1. The first kappa shape index (κ1) is 18.3. The van der Waals surface area contributed by atoms with Crippen LogP contribution < -0.4 is 4.72 Å². The summed E-state index contributed by atoms with van der Waals surface area (Å²) < 4.78 is 62.2. The van der Waals surface area contributed by atoms with Crippen LogP contribution in [0.2, 0.25) is 0 Å². The van der Waals surface area contributed by atoms with Crippen LogP contribution in [0.3, 0.4) is 0 Å². The number of benzene rings is 1. The van der Waals surface area contributed by atoms with Gasteiger partial charge in [0.15, 0.2) is 0 Å². The zero-order valence-corrected chi connectivity index (χ0v) is 13.1. The molecule has 0 aromatic heterocycles. The third kappa shape index (κ3) is 5.50. The van der Waals surface area contributed by atoms with Crippen molar-refractivity contribution in [2.75, 3.05) is 12.3 Å². The van der Waals surface area contributed by atoms with Crippen LogP contribution in [0.4, 0.5) is 13.2 Å². The van der Waals surface area contributed by atoms with Crippen molar-refractivity contribution in [3.05, 3.63) is 28.8 Å². The molecule has 0 radical (unpaired) electrons. The number of hydrogen-bond donors (Lipinski definition) is 2. The second-order valence-corrected chi connectivity index (χ2v) is 7.29. The number of rotatable bonds is 6. The fraction of sp³-hybridized carbons (Fsp3) is 0.500. The standard InChI is InChI=1S/C12H16F3NO3S2/c1-8-5-9(2)11(6-10(8)7-17)21(18,19)16-3-4-20-12(13,14)15/h5-6,16-17H,3-4,7H2,1-2H3. The maximum Gasteiger partial charge on any atom is 0.441 e. The van der Waals surface area contributed by atoms with Gasteiger partial charge in [-0.05, 0) is 48.4 Å². The predicted molar refractivity (Wildman–Crippen MR) is 75.5 cm³/mol. The molecule has 1 rings (SSSR count). The summed E-state index contributed by atoms with van der Waals surface area (Å²) in [4.78, 5) is -0.0332. The van der Waals surface area contributed by atoms with Gasteiger partial charge in [0.05, 0.1) is 11.5 Å². The molecule has 0 heterocycles. The van der Waals surface area contributed by atoms with Gasteiger partial charge in [0.1, 0.15) is 0 Å². The summed E-state index contributed by atoms with van der Waals surface area (Å²) in [5.74, 6) is -0.402. The Morgan fingerprint density at radius 3 is 2.38 bits per heavy atom. The Hall–Kier alpha value is -0.770. The lowest BCUT2D eigenvalue weighted by Crippen LogP contribution is -2.27. The van der Waals surface area contributed by atoms with E-state index in [-0.39, 0.29) is 29.8 Å². The molecule has 0 aliphatic rings. The SMILES string of the molecule is Cc1cc(C)c(S(=O)(=O)NCCSC(F)(F)F)cc1CO. The normalized spacial score (nSPS) is 12.7. The third-order valence-electron chi connectivity index (χ3n) is 2.75. The van der Waals surface area contributed by atoms with Gasteiger partial charge in [-0.1, -0.05) is 6.07 Å². The molecule has 0 fully saturated rings. The van der Waals surface area contributed by atoms with E-state index in [1.54, 1.807) is 19.9 Å². The lowest BCUT2D eigenvalue weighted by Gasteiger charge is -2.13. The van der Waals surface area contributed by atoms with E-state index in [9.17, 15) is 21.6 Å². The van der Waals surface area contributed by atoms with Crippen molar-refractivity contribution in [3.8, 4) is 0 Å². The molecular formula is C12H16F3NO3S2. The molecule has 21 heavy (non-hydrogen) atoms. The molecule has 0 spiro atoms. The largest absolute Gasteiger partial charge is 0.441 e. The monoisotopic (exact) mass is 343 g/mol. The van der Waals surface area contributed by atoms with Crippen molar-refractivity contribution in [2.24, 2.45) is 0 Å². The maximum absolute atomic E-state index is 12.1. The van der Waals surface area contributed by atoms with Gasteiger partial charge in [0, 0.05) is 12.3 Å². The highest BCUT2D eigenvalue weighted by Gasteiger charge is 2.28. The average Bonchev–Trinajstić information content (AvgIpc) is 2.33. The van der Waals surface area contributed by atoms with E-state index >= 15 is 0 Å². The molecule has 0 unspecified atom stereocenters. The molecule has 2 N–H and O–H groups in total. The maximum atomic E-state index is 12.1. The number of halogens is 3. The summed E-state index contributed by atoms with van der Waals surface area (Å²) in [5.41, 5.74) is -2.69. The van der Waals surface area contributed by atoms with Crippen LogP contribution in [0.25, 0.3) is 0 Å². The van der Waals surface area contributed by atoms with E-state index in [2.05, 4.69) is 4.72 Å². The van der Waals surface area contributed by atoms with Crippen molar-refractivity contribution in [2.45, 2.75) is 30.9 Å². The highest BCUT2D eigenvalue weighted by Crippen LogP contribution is 2.29. The van der Waals surface area contributed by atoms with Crippen molar-refractivity contribution in [1.82, 2.24) is 4.72 Å². The molecule has 0 bridgehead atoms. The van der Waals surface area contributed by atoms with Crippen LogP contribution in [0.1, 0.15) is 16.7 Å². The molecule has 0 saturated heterocycles. The molecule has 9 heteroatoms. The summed E-state index contributed by atoms with van der Waals surface area (Å²) >= 11 is -0.283. The first-order valence-electron chi connectivity index (χ1n) is 5.98. The van der Waals surface area contributed by atoms with Crippen LogP contribution in [0.15, 0.2) is 17.0 Å². The highest BCUT2D eigenvalue weighted by molar-refractivity contribution is 8.00. The van der Waals surface area contributed by atoms with Gasteiger partial charge in [-0.2, -0.15) is 13.2 Å². The van der Waals surface area contributed by atoms with Crippen LogP contribution in [0.5, 0.6) is 0 Å². The van der Waals surface area contributed by atoms with E-state index in [4.69, 9.17) is 5.11 Å². The highest BCUT2D eigenvalue weighted by atomic mass is 32.2. The number of nitrogens with one attached hydrogen (secondary N) is 1. The fourth-order valence-electron chi connectivity index (χ4n) is 1.75. The minimum atomic E-state index is -4.38. The molecule has 0 saturated carbocycles. The third-order valence-corrected chi connectivity index (χ3v) is 5.09. The number of hydrogen-bond acceptors (Lipinski definition) is 4. The Bertz CT molecular complexity index is 601. The van der Waals surface area contributed by atoms with Crippen molar-refractivity contribution in [3.63, 3.8) is 0 Å². The van der Waals surface area contributed by atoms with Gasteiger partial charge in [0.25, 0.3) is 0 Å². The number of thioether (sulfide) groups is 1. The summed E-state index contributed by atoms with van der Waals surface area (Å²) in [6, 6.07) is 2.95. The van der Waals surface area contributed by atoms with Crippen LogP contribution in [-0.2, 0) is 16.6 Å². The molecule has 1 aromatic carbocycles. The number of aliphatic hydroxyl groups excluding tert-OH is 1. The van der Waals surface area contributed by atoms with Crippen molar-refractivity contribution >= 4 is 21.8 Å². The van der Waals surface area contributed by atoms with Crippen molar-refractivity contribution < 1.29 is 26.7 Å². The lowest BCUT2D eigenvalue weighted by atomic mass is 10.1. The smallest absolute Gasteiger partial charge is 0.392 e.